The fourth-order valence-electron chi connectivity index (χ4n) is 3.07. The summed E-state index contributed by atoms with van der Waals surface area (Å²) < 4.78 is 41.4. The lowest BCUT2D eigenvalue weighted by Gasteiger charge is -2.46. The quantitative estimate of drug-likeness (QED) is 0.397. The van der Waals surface area contributed by atoms with Gasteiger partial charge in [-0.1, -0.05) is 11.6 Å². The highest BCUT2D eigenvalue weighted by molar-refractivity contribution is 7.93. The molecule has 29 heavy (non-hydrogen) atoms. The lowest BCUT2D eigenvalue weighted by molar-refractivity contribution is -0.0900. The highest BCUT2D eigenvalue weighted by Gasteiger charge is 2.39. The fourth-order valence-corrected chi connectivity index (χ4v) is 5.24. The van der Waals surface area contributed by atoms with Gasteiger partial charge in [0.25, 0.3) is 10.0 Å². The molecule has 2 heterocycles. The predicted octanol–water partition coefficient (Wildman–Crippen LogP) is 1.93. The number of nitrogens with zero attached hydrogens (tertiary/aromatic N) is 2. The number of hydrogen-bond donors (Lipinski definition) is 4. The monoisotopic (exact) mass is 463 g/mol. The summed E-state index contributed by atoms with van der Waals surface area (Å²) in [6, 6.07) is 2.17. The zero-order chi connectivity index (χ0) is 21.1. The SMILES string of the molecule is NCC1(O)CN(CCCCNc2cc(F)c(S(=O)(=O)Nc3nccs3)cc2Cl)C1. The summed E-state index contributed by atoms with van der Waals surface area (Å²) in [7, 11) is -4.12. The Hall–Kier alpha value is -1.50. The molecule has 1 saturated heterocycles. The first-order valence-electron chi connectivity index (χ1n) is 9.02. The molecular formula is C17H23ClFN5O3S2. The maximum absolute atomic E-state index is 14.4. The number of hydrogen-bond acceptors (Lipinski definition) is 8. The maximum atomic E-state index is 14.4. The maximum Gasteiger partial charge on any atom is 0.266 e. The van der Waals surface area contributed by atoms with E-state index in [-0.39, 0.29) is 16.7 Å². The van der Waals surface area contributed by atoms with Crippen molar-refractivity contribution in [2.75, 3.05) is 42.8 Å². The molecule has 0 aliphatic carbocycles. The lowest BCUT2D eigenvalue weighted by Crippen LogP contribution is -2.65. The third-order valence-electron chi connectivity index (χ3n) is 4.60. The van der Waals surface area contributed by atoms with Crippen LogP contribution in [0.4, 0.5) is 15.2 Å². The molecule has 5 N–H and O–H groups in total. The number of aliphatic hydroxyl groups is 1. The van der Waals surface area contributed by atoms with Crippen LogP contribution >= 0.6 is 22.9 Å². The summed E-state index contributed by atoms with van der Waals surface area (Å²) in [5, 5.41) is 14.8. The number of nitrogens with two attached hydrogens (primary N) is 1. The molecule has 0 radical (unpaired) electrons. The number of unbranched alkanes of at least 4 members (excludes halogenated alkanes) is 1. The molecule has 2 aromatic rings. The minimum absolute atomic E-state index is 0.113. The van der Waals surface area contributed by atoms with Gasteiger partial charge in [-0.15, -0.1) is 11.3 Å². The third-order valence-corrected chi connectivity index (χ3v) is 7.08. The minimum atomic E-state index is -4.12. The second-order valence-corrected chi connectivity index (χ2v) is 9.93. The summed E-state index contributed by atoms with van der Waals surface area (Å²) in [5.74, 6) is -0.900. The zero-order valence-electron chi connectivity index (χ0n) is 15.6. The van der Waals surface area contributed by atoms with Gasteiger partial charge in [0, 0.05) is 37.8 Å². The van der Waals surface area contributed by atoms with E-state index in [1.807, 2.05) is 0 Å². The van der Waals surface area contributed by atoms with E-state index in [2.05, 4.69) is 19.9 Å². The predicted molar refractivity (Wildman–Crippen MR) is 113 cm³/mol. The van der Waals surface area contributed by atoms with Gasteiger partial charge >= 0.3 is 0 Å². The fraction of sp³-hybridized carbons (Fsp3) is 0.471. The second-order valence-electron chi connectivity index (χ2n) is 6.98. The first-order valence-corrected chi connectivity index (χ1v) is 11.8. The molecule has 160 valence electrons. The number of nitrogens with one attached hydrogen (secondary N) is 2. The van der Waals surface area contributed by atoms with Gasteiger partial charge in [0.15, 0.2) is 5.13 Å². The van der Waals surface area contributed by atoms with Crippen molar-refractivity contribution in [2.24, 2.45) is 5.73 Å². The van der Waals surface area contributed by atoms with Crippen LogP contribution in [0.1, 0.15) is 12.8 Å². The van der Waals surface area contributed by atoms with Crippen LogP contribution in [0.15, 0.2) is 28.6 Å². The van der Waals surface area contributed by atoms with Crippen LogP contribution in [-0.2, 0) is 10.0 Å². The summed E-state index contributed by atoms with van der Waals surface area (Å²) in [6.07, 6.45) is 3.14. The number of rotatable bonds is 10. The Morgan fingerprint density at radius 2 is 2.14 bits per heavy atom. The van der Waals surface area contributed by atoms with E-state index >= 15 is 0 Å². The van der Waals surface area contributed by atoms with Crippen LogP contribution in [0.2, 0.25) is 5.02 Å². The third kappa shape index (κ3) is 5.56. The van der Waals surface area contributed by atoms with Gasteiger partial charge in [-0.05, 0) is 31.5 Å². The molecule has 3 rings (SSSR count). The van der Waals surface area contributed by atoms with Crippen LogP contribution in [0.5, 0.6) is 0 Å². The Bertz CT molecular complexity index is 937. The van der Waals surface area contributed by atoms with E-state index in [1.165, 1.54) is 6.20 Å². The van der Waals surface area contributed by atoms with Crippen molar-refractivity contribution in [1.82, 2.24) is 9.88 Å². The topological polar surface area (TPSA) is 121 Å². The Labute approximate surface area is 177 Å². The van der Waals surface area contributed by atoms with Gasteiger partial charge in [0.1, 0.15) is 16.3 Å². The van der Waals surface area contributed by atoms with Crippen molar-refractivity contribution in [2.45, 2.75) is 23.3 Å². The van der Waals surface area contributed by atoms with Crippen LogP contribution < -0.4 is 15.8 Å². The summed E-state index contributed by atoms with van der Waals surface area (Å²) in [6.45, 7) is 2.82. The van der Waals surface area contributed by atoms with Gasteiger partial charge in [0.05, 0.1) is 10.7 Å². The second kappa shape index (κ2) is 9.11. The largest absolute Gasteiger partial charge is 0.386 e. The van der Waals surface area contributed by atoms with Crippen molar-refractivity contribution in [1.29, 1.82) is 0 Å². The van der Waals surface area contributed by atoms with Crippen molar-refractivity contribution in [3.8, 4) is 0 Å². The highest BCUT2D eigenvalue weighted by atomic mass is 35.5. The molecule has 1 aliphatic heterocycles. The number of thiazole rings is 1. The van der Waals surface area contributed by atoms with Crippen molar-refractivity contribution >= 4 is 43.8 Å². The summed E-state index contributed by atoms with van der Waals surface area (Å²) >= 11 is 7.24. The lowest BCUT2D eigenvalue weighted by atomic mass is 9.94. The van der Waals surface area contributed by atoms with Crippen LogP contribution in [0.3, 0.4) is 0 Å². The molecule has 1 fully saturated rings. The van der Waals surface area contributed by atoms with Crippen molar-refractivity contribution < 1.29 is 17.9 Å². The van der Waals surface area contributed by atoms with E-state index in [1.54, 1.807) is 5.38 Å². The first-order chi connectivity index (χ1) is 13.7. The molecule has 1 aromatic heterocycles. The molecule has 0 amide bonds. The van der Waals surface area contributed by atoms with Gasteiger partial charge < -0.3 is 16.2 Å². The van der Waals surface area contributed by atoms with E-state index in [4.69, 9.17) is 17.3 Å². The van der Waals surface area contributed by atoms with Gasteiger partial charge in [-0.25, -0.2) is 17.8 Å². The Morgan fingerprint density at radius 1 is 1.38 bits per heavy atom. The number of benzene rings is 1. The average molecular weight is 464 g/mol. The van der Waals surface area contributed by atoms with Crippen molar-refractivity contribution in [3.05, 3.63) is 34.5 Å². The van der Waals surface area contributed by atoms with E-state index < -0.39 is 26.3 Å². The Morgan fingerprint density at radius 3 is 2.79 bits per heavy atom. The first kappa shape index (κ1) is 22.2. The number of anilines is 2. The normalized spacial score (nSPS) is 16.4. The van der Waals surface area contributed by atoms with Crippen LogP contribution in [-0.4, -0.2) is 61.7 Å². The number of likely N-dealkylation sites (tertiary alicyclic amines) is 1. The summed E-state index contributed by atoms with van der Waals surface area (Å²) in [5.41, 5.74) is 5.08. The number of β-amino-alcohol motifs (C(OH)–C–C–N with tert-alkyl or cyclic N) is 1. The smallest absolute Gasteiger partial charge is 0.266 e. The van der Waals surface area contributed by atoms with Crippen LogP contribution in [0, 0.1) is 5.82 Å². The molecular weight excluding hydrogens is 441 g/mol. The molecule has 8 nitrogen and oxygen atoms in total. The average Bonchev–Trinajstić information content (AvgIpc) is 3.14. The van der Waals surface area contributed by atoms with Crippen molar-refractivity contribution in [3.63, 3.8) is 0 Å². The Kier molecular flexibility index (Phi) is 6.97. The Balaban J connectivity index is 1.50. The van der Waals surface area contributed by atoms with E-state index in [0.29, 0.717) is 25.3 Å². The van der Waals surface area contributed by atoms with E-state index in [9.17, 15) is 17.9 Å². The van der Waals surface area contributed by atoms with Gasteiger partial charge in [0.2, 0.25) is 0 Å². The molecule has 0 spiro atoms. The number of sulfonamides is 1. The molecule has 0 atom stereocenters. The molecule has 0 unspecified atom stereocenters. The molecule has 12 heteroatoms. The van der Waals surface area contributed by atoms with Gasteiger partial charge in [-0.2, -0.15) is 0 Å². The number of halogens is 2. The molecule has 0 saturated carbocycles. The molecule has 0 bridgehead atoms. The standard InChI is InChI=1S/C17H23ClFN5O3S2/c18-12-7-15(29(26,27)23-16-22-4-6-28-16)13(19)8-14(12)21-3-1-2-5-24-10-17(25,9-20)11-24/h4,6-8,21,25H,1-3,5,9-11,20H2,(H,22,23). The van der Waals surface area contributed by atoms with E-state index in [0.717, 1.165) is 42.9 Å². The highest BCUT2D eigenvalue weighted by Crippen LogP contribution is 2.29. The minimum Gasteiger partial charge on any atom is -0.386 e. The van der Waals surface area contributed by atoms with Crippen LogP contribution in [0.25, 0.3) is 0 Å². The molecule has 1 aromatic carbocycles. The van der Waals surface area contributed by atoms with Gasteiger partial charge in [-0.3, -0.25) is 9.62 Å². The molecule has 1 aliphatic rings. The summed E-state index contributed by atoms with van der Waals surface area (Å²) in [4.78, 5) is 5.41. The zero-order valence-corrected chi connectivity index (χ0v) is 18.0. The number of aromatic nitrogens is 1.